The molecule has 0 heterocycles. The molecule has 0 aromatic heterocycles. The van der Waals surface area contributed by atoms with Crippen LogP contribution in [0, 0.1) is 0 Å². The Morgan fingerprint density at radius 1 is 1.22 bits per heavy atom. The SMILES string of the molecule is CC(/C=C/c1ccc(N(C)C)cc1)=C\C(=O)O.[Na+]. The molecule has 0 aliphatic carbocycles. The number of carbonyl (C=O) groups is 1. The van der Waals surface area contributed by atoms with Crippen LogP contribution >= 0.6 is 0 Å². The molecule has 0 spiro atoms. The van der Waals surface area contributed by atoms with Gasteiger partial charge in [0.1, 0.15) is 0 Å². The van der Waals surface area contributed by atoms with Crippen molar-refractivity contribution < 1.29 is 39.5 Å². The number of rotatable bonds is 4. The summed E-state index contributed by atoms with van der Waals surface area (Å²) in [7, 11) is 3.98. The van der Waals surface area contributed by atoms with Crippen LogP contribution in [0.5, 0.6) is 0 Å². The van der Waals surface area contributed by atoms with Crippen LogP contribution < -0.4 is 34.5 Å². The predicted octanol–water partition coefficient (Wildman–Crippen LogP) is -0.199. The smallest absolute Gasteiger partial charge is 0.478 e. The monoisotopic (exact) mass is 254 g/mol. The van der Waals surface area contributed by atoms with E-state index in [9.17, 15) is 4.79 Å². The second-order valence-corrected chi connectivity index (χ2v) is 4.05. The van der Waals surface area contributed by atoms with E-state index < -0.39 is 5.97 Å². The molecule has 0 radical (unpaired) electrons. The van der Waals surface area contributed by atoms with Gasteiger partial charge in [0.25, 0.3) is 0 Å². The average molecular weight is 254 g/mol. The van der Waals surface area contributed by atoms with Gasteiger partial charge < -0.3 is 10.0 Å². The number of anilines is 1. The van der Waals surface area contributed by atoms with Gasteiger partial charge in [0.2, 0.25) is 0 Å². The minimum absolute atomic E-state index is 0. The summed E-state index contributed by atoms with van der Waals surface area (Å²) in [6.45, 7) is 1.76. The molecule has 0 saturated carbocycles. The van der Waals surface area contributed by atoms with Crippen LogP contribution in [0.1, 0.15) is 12.5 Å². The van der Waals surface area contributed by atoms with Gasteiger partial charge >= 0.3 is 35.5 Å². The standard InChI is InChI=1S/C14H17NO2.Na/c1-11(10-14(16)17)4-5-12-6-8-13(9-7-12)15(2)3;/h4-10H,1-3H3,(H,16,17);/q;+1/b5-4+,11-10+;. The number of allylic oxidation sites excluding steroid dienone is 2. The van der Waals surface area contributed by atoms with E-state index in [4.69, 9.17) is 5.11 Å². The van der Waals surface area contributed by atoms with E-state index in [1.165, 1.54) is 6.08 Å². The molecule has 1 aromatic carbocycles. The molecule has 1 aromatic rings. The molecule has 1 rings (SSSR count). The average Bonchev–Trinajstić information content (AvgIpc) is 2.26. The predicted molar refractivity (Wildman–Crippen MR) is 71.2 cm³/mol. The molecule has 0 amide bonds. The Morgan fingerprint density at radius 2 is 1.78 bits per heavy atom. The first kappa shape index (κ1) is 17.0. The topological polar surface area (TPSA) is 40.5 Å². The molecule has 4 heteroatoms. The fraction of sp³-hybridized carbons (Fsp3) is 0.214. The minimum Gasteiger partial charge on any atom is -0.478 e. The van der Waals surface area contributed by atoms with Crippen molar-refractivity contribution >= 4 is 17.7 Å². The van der Waals surface area contributed by atoms with Crippen LogP contribution in [0.3, 0.4) is 0 Å². The molecule has 0 aliphatic rings. The third-order valence-corrected chi connectivity index (χ3v) is 2.30. The fourth-order valence-electron chi connectivity index (χ4n) is 1.35. The third-order valence-electron chi connectivity index (χ3n) is 2.30. The van der Waals surface area contributed by atoms with E-state index >= 15 is 0 Å². The van der Waals surface area contributed by atoms with Gasteiger partial charge in [-0.25, -0.2) is 4.79 Å². The summed E-state index contributed by atoms with van der Waals surface area (Å²) in [6, 6.07) is 8.05. The number of carboxylic acids is 1. The summed E-state index contributed by atoms with van der Waals surface area (Å²) in [5, 5.41) is 8.56. The maximum Gasteiger partial charge on any atom is 1.00 e. The van der Waals surface area contributed by atoms with E-state index in [2.05, 4.69) is 0 Å². The van der Waals surface area contributed by atoms with Crippen molar-refractivity contribution in [3.05, 3.63) is 47.6 Å². The van der Waals surface area contributed by atoms with E-state index in [0.717, 1.165) is 11.3 Å². The van der Waals surface area contributed by atoms with E-state index in [0.29, 0.717) is 5.57 Å². The summed E-state index contributed by atoms with van der Waals surface area (Å²) >= 11 is 0. The zero-order valence-corrected chi connectivity index (χ0v) is 13.3. The molecule has 0 aliphatic heterocycles. The van der Waals surface area contributed by atoms with Crippen molar-refractivity contribution in [3.63, 3.8) is 0 Å². The second-order valence-electron chi connectivity index (χ2n) is 4.05. The van der Waals surface area contributed by atoms with Crippen LogP contribution in [-0.4, -0.2) is 25.2 Å². The Labute approximate surface area is 130 Å². The maximum absolute atomic E-state index is 10.4. The molecule has 0 fully saturated rings. The van der Waals surface area contributed by atoms with Crippen molar-refractivity contribution in [3.8, 4) is 0 Å². The first-order valence-corrected chi connectivity index (χ1v) is 5.36. The number of hydrogen-bond donors (Lipinski definition) is 1. The summed E-state index contributed by atoms with van der Waals surface area (Å²) < 4.78 is 0. The third kappa shape index (κ3) is 6.05. The normalized spacial score (nSPS) is 11.2. The van der Waals surface area contributed by atoms with Crippen molar-refractivity contribution in [2.45, 2.75) is 6.92 Å². The van der Waals surface area contributed by atoms with Gasteiger partial charge in [-0.2, -0.15) is 0 Å². The van der Waals surface area contributed by atoms with Crippen LogP contribution in [0.25, 0.3) is 6.08 Å². The van der Waals surface area contributed by atoms with E-state index in [1.807, 2.05) is 49.3 Å². The summed E-state index contributed by atoms with van der Waals surface area (Å²) in [6.07, 6.45) is 4.87. The van der Waals surface area contributed by atoms with Gasteiger partial charge in [-0.05, 0) is 30.2 Å². The molecule has 3 nitrogen and oxygen atoms in total. The molecular weight excluding hydrogens is 237 g/mol. The zero-order chi connectivity index (χ0) is 12.8. The van der Waals surface area contributed by atoms with Crippen LogP contribution in [0.4, 0.5) is 5.69 Å². The van der Waals surface area contributed by atoms with E-state index in [1.54, 1.807) is 13.0 Å². The molecule has 1 N–H and O–H groups in total. The van der Waals surface area contributed by atoms with Crippen LogP contribution in [0.15, 0.2) is 42.0 Å². The number of benzene rings is 1. The Hall–Kier alpha value is -1.03. The zero-order valence-electron chi connectivity index (χ0n) is 11.3. The van der Waals surface area contributed by atoms with Crippen molar-refractivity contribution in [1.29, 1.82) is 0 Å². The Morgan fingerprint density at radius 3 is 2.22 bits per heavy atom. The summed E-state index contributed by atoms with van der Waals surface area (Å²) in [5.41, 5.74) is 2.91. The Balaban J connectivity index is 0.00000289. The van der Waals surface area contributed by atoms with Gasteiger partial charge in [0, 0.05) is 25.9 Å². The van der Waals surface area contributed by atoms with E-state index in [-0.39, 0.29) is 29.6 Å². The molecule has 0 unspecified atom stereocenters. The first-order chi connectivity index (χ1) is 7.99. The van der Waals surface area contributed by atoms with Crippen molar-refractivity contribution in [2.24, 2.45) is 0 Å². The molecule has 0 atom stereocenters. The molecule has 18 heavy (non-hydrogen) atoms. The van der Waals surface area contributed by atoms with Crippen LogP contribution in [0.2, 0.25) is 0 Å². The molecular formula is C14H17NNaO2+. The fourth-order valence-corrected chi connectivity index (χ4v) is 1.35. The first-order valence-electron chi connectivity index (χ1n) is 5.36. The number of aliphatic carboxylic acids is 1. The van der Waals surface area contributed by atoms with Crippen molar-refractivity contribution in [1.82, 2.24) is 0 Å². The van der Waals surface area contributed by atoms with Gasteiger partial charge in [0.15, 0.2) is 0 Å². The van der Waals surface area contributed by atoms with Gasteiger partial charge in [-0.15, -0.1) is 0 Å². The van der Waals surface area contributed by atoms with Crippen LogP contribution in [-0.2, 0) is 4.79 Å². The van der Waals surface area contributed by atoms with Gasteiger partial charge in [0.05, 0.1) is 0 Å². The Bertz CT molecular complexity index is 447. The largest absolute Gasteiger partial charge is 1.00 e. The quantitative estimate of drug-likeness (QED) is 0.459. The second kappa shape index (κ2) is 8.14. The van der Waals surface area contributed by atoms with Gasteiger partial charge in [-0.1, -0.05) is 24.3 Å². The Kier molecular flexibility index (Phi) is 7.67. The number of nitrogens with zero attached hydrogens (tertiary/aromatic N) is 1. The number of hydrogen-bond acceptors (Lipinski definition) is 2. The van der Waals surface area contributed by atoms with Gasteiger partial charge in [-0.3, -0.25) is 0 Å². The minimum atomic E-state index is -0.921. The maximum atomic E-state index is 10.4. The number of carboxylic acid groups (broad SMARTS) is 1. The molecule has 90 valence electrons. The molecule has 0 saturated heterocycles. The summed E-state index contributed by atoms with van der Waals surface area (Å²) in [5.74, 6) is -0.921. The summed E-state index contributed by atoms with van der Waals surface area (Å²) in [4.78, 5) is 12.5. The van der Waals surface area contributed by atoms with Crippen molar-refractivity contribution in [2.75, 3.05) is 19.0 Å². The molecule has 0 bridgehead atoms.